The van der Waals surface area contributed by atoms with Crippen LogP contribution >= 0.6 is 8.03 Å². The second-order valence-corrected chi connectivity index (χ2v) is 4.84. The Morgan fingerprint density at radius 3 is 2.53 bits per heavy atom. The summed E-state index contributed by atoms with van der Waals surface area (Å²) in [6.45, 7) is 7.32. The Bertz CT molecular complexity index is 553. The third-order valence-electron chi connectivity index (χ3n) is 2.46. The molecule has 0 bridgehead atoms. The highest BCUT2D eigenvalue weighted by Gasteiger charge is 2.24. The van der Waals surface area contributed by atoms with Crippen molar-refractivity contribution in [2.24, 2.45) is 0 Å². The number of rotatable bonds is 2. The van der Waals surface area contributed by atoms with Crippen LogP contribution in [-0.4, -0.2) is 0 Å². The first kappa shape index (κ1) is 11.7. The molecule has 1 heterocycles. The Morgan fingerprint density at radius 2 is 1.82 bits per heavy atom. The molecule has 1 aliphatic rings. The molecule has 0 radical (unpaired) electrons. The van der Waals surface area contributed by atoms with Gasteiger partial charge >= 0.3 is 0 Å². The van der Waals surface area contributed by atoms with Crippen molar-refractivity contribution in [3.05, 3.63) is 72.6 Å². The van der Waals surface area contributed by atoms with Gasteiger partial charge in [-0.3, -0.25) is 4.57 Å². The van der Waals surface area contributed by atoms with Crippen molar-refractivity contribution < 1.29 is 9.09 Å². The van der Waals surface area contributed by atoms with Gasteiger partial charge in [0, 0.05) is 5.56 Å². The number of fused-ring (bicyclic) bond motifs is 1. The van der Waals surface area contributed by atoms with Crippen molar-refractivity contribution >= 4 is 13.6 Å². The van der Waals surface area contributed by atoms with Crippen LogP contribution in [0.5, 0.6) is 5.75 Å². The average molecular weight is 244 g/mol. The lowest BCUT2D eigenvalue weighted by Crippen LogP contribution is -1.99. The van der Waals surface area contributed by atoms with Crippen molar-refractivity contribution in [3.63, 3.8) is 0 Å². The third-order valence-corrected chi connectivity index (χ3v) is 3.74. The second kappa shape index (κ2) is 5.03. The van der Waals surface area contributed by atoms with Crippen LogP contribution in [0.3, 0.4) is 0 Å². The van der Waals surface area contributed by atoms with Gasteiger partial charge in [-0.1, -0.05) is 49.6 Å². The van der Waals surface area contributed by atoms with E-state index in [4.69, 9.17) is 4.52 Å². The van der Waals surface area contributed by atoms with Crippen LogP contribution in [0.15, 0.2) is 67.0 Å². The normalized spacial score (nSPS) is 22.9. The standard InChI is InChI=1S/C14H13O2P/c1-3-7-12-11-9-5-6-10-13(11)16-17(15)14(12)8-4-2/h3-10,17H,1-2H2/b12-7-,14-8+. The van der Waals surface area contributed by atoms with Gasteiger partial charge in [-0.05, 0) is 17.7 Å². The average Bonchev–Trinajstić information content (AvgIpc) is 2.34. The third kappa shape index (κ3) is 2.17. The van der Waals surface area contributed by atoms with Gasteiger partial charge in [0.15, 0.2) is 0 Å². The SMILES string of the molecule is C=C/C=C1\C(=C/C=C)[PH](=O)Oc2ccccc21. The summed E-state index contributed by atoms with van der Waals surface area (Å²) in [6.07, 6.45) is 6.88. The zero-order valence-corrected chi connectivity index (χ0v) is 10.3. The highest BCUT2D eigenvalue weighted by Crippen LogP contribution is 2.50. The molecule has 0 amide bonds. The fraction of sp³-hybridized carbons (Fsp3) is 0. The van der Waals surface area contributed by atoms with Crippen LogP contribution in [0.1, 0.15) is 5.56 Å². The molecule has 2 rings (SSSR count). The van der Waals surface area contributed by atoms with E-state index in [1.165, 1.54) is 0 Å². The molecule has 3 heteroatoms. The van der Waals surface area contributed by atoms with Gasteiger partial charge in [0.05, 0.1) is 5.31 Å². The van der Waals surface area contributed by atoms with Crippen LogP contribution in [0.25, 0.3) is 5.57 Å². The van der Waals surface area contributed by atoms with Crippen molar-refractivity contribution in [2.75, 3.05) is 0 Å². The van der Waals surface area contributed by atoms with Crippen LogP contribution in [0.2, 0.25) is 0 Å². The molecule has 2 nitrogen and oxygen atoms in total. The summed E-state index contributed by atoms with van der Waals surface area (Å²) < 4.78 is 17.4. The van der Waals surface area contributed by atoms with Gasteiger partial charge < -0.3 is 4.52 Å². The zero-order valence-electron chi connectivity index (χ0n) is 9.35. The number of hydrogen-bond acceptors (Lipinski definition) is 2. The Balaban J connectivity index is 2.67. The molecule has 86 valence electrons. The lowest BCUT2D eigenvalue weighted by Gasteiger charge is -2.21. The monoisotopic (exact) mass is 244 g/mol. The van der Waals surface area contributed by atoms with E-state index in [9.17, 15) is 4.57 Å². The van der Waals surface area contributed by atoms with Crippen molar-refractivity contribution in [1.29, 1.82) is 0 Å². The molecule has 1 unspecified atom stereocenters. The van der Waals surface area contributed by atoms with Crippen LogP contribution in [-0.2, 0) is 4.57 Å². The zero-order chi connectivity index (χ0) is 12.3. The molecule has 0 spiro atoms. The maximum atomic E-state index is 12.0. The first-order valence-corrected chi connectivity index (χ1v) is 6.57. The molecular weight excluding hydrogens is 231 g/mol. The Morgan fingerprint density at radius 1 is 1.12 bits per heavy atom. The summed E-state index contributed by atoms with van der Waals surface area (Å²) in [5.74, 6) is 0.658. The quantitative estimate of drug-likeness (QED) is 0.729. The second-order valence-electron chi connectivity index (χ2n) is 3.52. The van der Waals surface area contributed by atoms with Crippen molar-refractivity contribution in [3.8, 4) is 5.75 Å². The highest BCUT2D eigenvalue weighted by atomic mass is 31.1. The molecule has 1 aromatic rings. The lowest BCUT2D eigenvalue weighted by molar-refractivity contribution is 0.508. The molecule has 1 aliphatic heterocycles. The topological polar surface area (TPSA) is 26.3 Å². The minimum Gasteiger partial charge on any atom is -0.441 e. The van der Waals surface area contributed by atoms with E-state index < -0.39 is 8.03 Å². The predicted octanol–water partition coefficient (Wildman–Crippen LogP) is 4.19. The van der Waals surface area contributed by atoms with E-state index in [0.717, 1.165) is 11.1 Å². The minimum atomic E-state index is -2.25. The summed E-state index contributed by atoms with van der Waals surface area (Å²) in [4.78, 5) is 0. The van der Waals surface area contributed by atoms with Gasteiger partial charge in [-0.2, -0.15) is 0 Å². The summed E-state index contributed by atoms with van der Waals surface area (Å²) >= 11 is 0. The van der Waals surface area contributed by atoms with Crippen molar-refractivity contribution in [1.82, 2.24) is 0 Å². The molecule has 0 saturated carbocycles. The van der Waals surface area contributed by atoms with Crippen molar-refractivity contribution in [2.45, 2.75) is 0 Å². The fourth-order valence-electron chi connectivity index (χ4n) is 1.76. The number of hydrogen-bond donors (Lipinski definition) is 0. The van der Waals surface area contributed by atoms with E-state index in [0.29, 0.717) is 11.1 Å². The van der Waals surface area contributed by atoms with Crippen LogP contribution < -0.4 is 4.52 Å². The van der Waals surface area contributed by atoms with Gasteiger partial charge in [0.2, 0.25) is 0 Å². The number of para-hydroxylation sites is 1. The molecule has 1 aromatic carbocycles. The molecule has 0 saturated heterocycles. The maximum Gasteiger partial charge on any atom is 0.266 e. The fourth-order valence-corrected chi connectivity index (χ4v) is 2.94. The maximum absolute atomic E-state index is 12.0. The van der Waals surface area contributed by atoms with Gasteiger partial charge in [0.1, 0.15) is 5.75 Å². The first-order valence-electron chi connectivity index (χ1n) is 5.25. The van der Waals surface area contributed by atoms with E-state index in [1.807, 2.05) is 30.3 Å². The highest BCUT2D eigenvalue weighted by molar-refractivity contribution is 7.46. The van der Waals surface area contributed by atoms with Crippen LogP contribution in [0, 0.1) is 0 Å². The molecule has 0 aromatic heterocycles. The van der Waals surface area contributed by atoms with Gasteiger partial charge in [-0.25, -0.2) is 0 Å². The van der Waals surface area contributed by atoms with Gasteiger partial charge in [0.25, 0.3) is 8.03 Å². The first-order chi connectivity index (χ1) is 8.27. The van der Waals surface area contributed by atoms with E-state index >= 15 is 0 Å². The minimum absolute atomic E-state index is 0.658. The Kier molecular flexibility index (Phi) is 3.46. The number of benzene rings is 1. The molecule has 0 fully saturated rings. The lowest BCUT2D eigenvalue weighted by atomic mass is 10.0. The molecule has 1 atom stereocenters. The number of allylic oxidation sites excluding steroid dienone is 6. The smallest absolute Gasteiger partial charge is 0.266 e. The Labute approximate surface area is 101 Å². The van der Waals surface area contributed by atoms with E-state index in [2.05, 4.69) is 13.2 Å². The summed E-state index contributed by atoms with van der Waals surface area (Å²) in [6, 6.07) is 7.55. The van der Waals surface area contributed by atoms with E-state index in [-0.39, 0.29) is 0 Å². The molecular formula is C14H13O2P. The summed E-state index contributed by atoms with van der Waals surface area (Å²) in [5, 5.41) is 0.684. The molecule has 0 aliphatic carbocycles. The van der Waals surface area contributed by atoms with E-state index in [1.54, 1.807) is 18.2 Å². The summed E-state index contributed by atoms with van der Waals surface area (Å²) in [5.41, 5.74) is 1.83. The Hall–Kier alpha value is -1.79. The van der Waals surface area contributed by atoms with Gasteiger partial charge in [-0.15, -0.1) is 0 Å². The largest absolute Gasteiger partial charge is 0.441 e. The predicted molar refractivity (Wildman–Crippen MR) is 72.5 cm³/mol. The summed E-state index contributed by atoms with van der Waals surface area (Å²) in [7, 11) is -2.25. The molecule has 0 N–H and O–H groups in total. The molecule has 17 heavy (non-hydrogen) atoms. The van der Waals surface area contributed by atoms with Crippen LogP contribution in [0.4, 0.5) is 0 Å².